The van der Waals surface area contributed by atoms with Gasteiger partial charge in [0.05, 0.1) is 22.6 Å². The van der Waals surface area contributed by atoms with Gasteiger partial charge in [-0.1, -0.05) is 0 Å². The van der Waals surface area contributed by atoms with Gasteiger partial charge in [-0.05, 0) is 12.1 Å². The minimum absolute atomic E-state index is 0.177. The number of nitro groups is 1. The number of hydrogen-bond acceptors (Lipinski definition) is 3. The quantitative estimate of drug-likeness (QED) is 0.443. The maximum Gasteiger partial charge on any atom is 0.278 e. The van der Waals surface area contributed by atoms with Gasteiger partial charge >= 0.3 is 0 Å². The third-order valence-corrected chi connectivity index (χ3v) is 1.11. The van der Waals surface area contributed by atoms with Crippen molar-refractivity contribution < 1.29 is 4.92 Å². The van der Waals surface area contributed by atoms with Gasteiger partial charge < -0.3 is 0 Å². The van der Waals surface area contributed by atoms with Crippen LogP contribution in [0.2, 0.25) is 0 Å². The van der Waals surface area contributed by atoms with E-state index in [-0.39, 0.29) is 11.3 Å². The van der Waals surface area contributed by atoms with Gasteiger partial charge in [0.1, 0.15) is 0 Å². The predicted molar refractivity (Wildman–Crippen MR) is 36.6 cm³/mol. The van der Waals surface area contributed by atoms with Crippen LogP contribution in [-0.4, -0.2) is 4.92 Å². The molecule has 0 bridgehead atoms. The van der Waals surface area contributed by atoms with Crippen LogP contribution in [-0.2, 0) is 0 Å². The van der Waals surface area contributed by atoms with Crippen molar-refractivity contribution >= 4 is 5.69 Å². The summed E-state index contributed by atoms with van der Waals surface area (Å²) in [6.45, 7) is 0. The molecule has 0 N–H and O–H groups in total. The Bertz CT molecular complexity index is 327. The van der Waals surface area contributed by atoms with E-state index in [2.05, 4.69) is 6.07 Å². The number of nitro benzene ring substituents is 1. The average Bonchev–Trinajstić information content (AvgIpc) is 2.05. The Morgan fingerprint density at radius 3 is 3.00 bits per heavy atom. The normalized spacial score (nSPS) is 8.64. The molecule has 0 atom stereocenters. The zero-order chi connectivity index (χ0) is 8.27. The van der Waals surface area contributed by atoms with Gasteiger partial charge in [0, 0.05) is 6.07 Å². The number of rotatable bonds is 1. The Hall–Kier alpha value is -1.89. The predicted octanol–water partition coefficient (Wildman–Crippen LogP) is 1.27. The molecule has 0 heterocycles. The summed E-state index contributed by atoms with van der Waals surface area (Å²) in [4.78, 5) is 9.55. The number of nitrogens with zero attached hydrogens (tertiary/aromatic N) is 2. The van der Waals surface area contributed by atoms with Gasteiger partial charge in [0.25, 0.3) is 5.69 Å². The zero-order valence-electron chi connectivity index (χ0n) is 5.44. The molecule has 53 valence electrons. The van der Waals surface area contributed by atoms with E-state index in [9.17, 15) is 10.1 Å². The highest BCUT2D eigenvalue weighted by atomic mass is 16.6. The third kappa shape index (κ3) is 1.52. The lowest BCUT2D eigenvalue weighted by Gasteiger charge is -1.88. The second kappa shape index (κ2) is 2.80. The molecule has 0 aliphatic rings. The van der Waals surface area contributed by atoms with E-state index in [1.807, 2.05) is 0 Å². The van der Waals surface area contributed by atoms with Crippen LogP contribution in [0.4, 0.5) is 5.69 Å². The lowest BCUT2D eigenvalue weighted by atomic mass is 10.2. The number of nitriles is 1. The first-order chi connectivity index (χ1) is 5.24. The molecule has 0 fully saturated rings. The molecule has 0 aromatic heterocycles. The van der Waals surface area contributed by atoms with Gasteiger partial charge in [-0.15, -0.1) is 0 Å². The molecule has 1 aromatic carbocycles. The minimum atomic E-state index is -0.582. The first-order valence-corrected chi connectivity index (χ1v) is 2.80. The molecule has 0 aliphatic carbocycles. The van der Waals surface area contributed by atoms with Crippen LogP contribution in [0.5, 0.6) is 0 Å². The van der Waals surface area contributed by atoms with E-state index in [0.717, 1.165) is 0 Å². The maximum absolute atomic E-state index is 10.1. The van der Waals surface area contributed by atoms with Gasteiger partial charge in [-0.3, -0.25) is 10.1 Å². The first-order valence-electron chi connectivity index (χ1n) is 2.80. The summed E-state index contributed by atoms with van der Waals surface area (Å²) >= 11 is 0. The third-order valence-electron chi connectivity index (χ3n) is 1.11. The lowest BCUT2D eigenvalue weighted by molar-refractivity contribution is -0.385. The standard InChI is InChI=1S/C7H3N2O2/c8-5-6-2-1-3-7(4-6)9(10)11/h1-2,4H. The fourth-order valence-corrected chi connectivity index (χ4v) is 0.629. The highest BCUT2D eigenvalue weighted by Crippen LogP contribution is 2.10. The lowest BCUT2D eigenvalue weighted by Crippen LogP contribution is -1.87. The van der Waals surface area contributed by atoms with Crippen LogP contribution in [0, 0.1) is 27.5 Å². The van der Waals surface area contributed by atoms with Crippen LogP contribution in [0.25, 0.3) is 0 Å². The van der Waals surface area contributed by atoms with Gasteiger partial charge in [-0.25, -0.2) is 0 Å². The van der Waals surface area contributed by atoms with Crippen molar-refractivity contribution in [1.82, 2.24) is 0 Å². The van der Waals surface area contributed by atoms with Crippen LogP contribution in [0.3, 0.4) is 0 Å². The van der Waals surface area contributed by atoms with Crippen LogP contribution in [0.1, 0.15) is 5.56 Å². The average molecular weight is 147 g/mol. The summed E-state index contributed by atoms with van der Waals surface area (Å²) in [5.74, 6) is 0. The Kier molecular flexibility index (Phi) is 1.83. The molecule has 1 aromatic rings. The summed E-state index contributed by atoms with van der Waals surface area (Å²) < 4.78 is 0. The zero-order valence-corrected chi connectivity index (χ0v) is 5.44. The summed E-state index contributed by atoms with van der Waals surface area (Å²) in [6, 6.07) is 8.19. The van der Waals surface area contributed by atoms with E-state index in [1.54, 1.807) is 6.07 Å². The minimum Gasteiger partial charge on any atom is -0.258 e. The van der Waals surface area contributed by atoms with Crippen LogP contribution in [0.15, 0.2) is 18.2 Å². The smallest absolute Gasteiger partial charge is 0.258 e. The maximum atomic E-state index is 10.1. The molecule has 11 heavy (non-hydrogen) atoms. The molecule has 0 saturated carbocycles. The van der Waals surface area contributed by atoms with Crippen molar-refractivity contribution in [3.63, 3.8) is 0 Å². The van der Waals surface area contributed by atoms with Crippen molar-refractivity contribution in [2.75, 3.05) is 0 Å². The van der Waals surface area contributed by atoms with E-state index in [1.165, 1.54) is 18.2 Å². The Morgan fingerprint density at radius 1 is 1.73 bits per heavy atom. The molecular weight excluding hydrogens is 144 g/mol. The van der Waals surface area contributed by atoms with Crippen molar-refractivity contribution in [3.05, 3.63) is 39.9 Å². The van der Waals surface area contributed by atoms with Crippen LogP contribution < -0.4 is 0 Å². The fourth-order valence-electron chi connectivity index (χ4n) is 0.629. The van der Waals surface area contributed by atoms with E-state index >= 15 is 0 Å². The molecule has 0 spiro atoms. The van der Waals surface area contributed by atoms with E-state index < -0.39 is 4.92 Å². The van der Waals surface area contributed by atoms with Gasteiger partial charge in [0.2, 0.25) is 0 Å². The van der Waals surface area contributed by atoms with E-state index in [0.29, 0.717) is 0 Å². The summed E-state index contributed by atoms with van der Waals surface area (Å²) in [5, 5.41) is 18.5. The highest BCUT2D eigenvalue weighted by molar-refractivity contribution is 5.39. The molecule has 4 heteroatoms. The second-order valence-corrected chi connectivity index (χ2v) is 1.83. The Balaban J connectivity index is 3.13. The highest BCUT2D eigenvalue weighted by Gasteiger charge is 2.04. The summed E-state index contributed by atoms with van der Waals surface area (Å²) in [7, 11) is 0. The summed E-state index contributed by atoms with van der Waals surface area (Å²) in [5.41, 5.74) is 0.0968. The van der Waals surface area contributed by atoms with Gasteiger partial charge in [0.15, 0.2) is 0 Å². The van der Waals surface area contributed by atoms with Gasteiger partial charge in [-0.2, -0.15) is 5.26 Å². The van der Waals surface area contributed by atoms with Crippen molar-refractivity contribution in [2.24, 2.45) is 0 Å². The Morgan fingerprint density at radius 2 is 2.45 bits per heavy atom. The molecule has 4 nitrogen and oxygen atoms in total. The topological polar surface area (TPSA) is 66.9 Å². The largest absolute Gasteiger partial charge is 0.278 e. The fraction of sp³-hybridized carbons (Fsp3) is 0. The molecule has 0 unspecified atom stereocenters. The Labute approximate surface area is 62.8 Å². The molecule has 0 saturated heterocycles. The first kappa shape index (κ1) is 7.22. The van der Waals surface area contributed by atoms with Crippen molar-refractivity contribution in [2.45, 2.75) is 0 Å². The SMILES string of the molecule is N#Cc1cc[c]c([N+](=O)[O-])c1. The molecule has 1 radical (unpaired) electrons. The number of non-ortho nitro benzene ring substituents is 1. The van der Waals surface area contributed by atoms with Crippen molar-refractivity contribution in [3.8, 4) is 6.07 Å². The van der Waals surface area contributed by atoms with Crippen LogP contribution >= 0.6 is 0 Å². The molecule has 1 rings (SSSR count). The molecule has 0 aliphatic heterocycles. The molecular formula is C7H3N2O2. The molecule has 0 amide bonds. The van der Waals surface area contributed by atoms with Crippen molar-refractivity contribution in [1.29, 1.82) is 5.26 Å². The number of benzene rings is 1. The second-order valence-electron chi connectivity index (χ2n) is 1.83. The monoisotopic (exact) mass is 147 g/mol. The van der Waals surface area contributed by atoms with E-state index in [4.69, 9.17) is 5.26 Å². The summed E-state index contributed by atoms with van der Waals surface area (Å²) in [6.07, 6.45) is 0. The number of hydrogen-bond donors (Lipinski definition) is 0.